The number of hydrogen-bond acceptors (Lipinski definition) is 3. The fourth-order valence-electron chi connectivity index (χ4n) is 1.77. The first-order chi connectivity index (χ1) is 8.11. The third-order valence-corrected chi connectivity index (χ3v) is 2.89. The van der Waals surface area contributed by atoms with Crippen LogP contribution in [0, 0.1) is 13.8 Å². The molecule has 17 heavy (non-hydrogen) atoms. The van der Waals surface area contributed by atoms with Crippen LogP contribution in [0.2, 0.25) is 0 Å². The second kappa shape index (κ2) is 6.62. The molecule has 0 aliphatic rings. The molecule has 1 atom stereocenters. The Bertz CT molecular complexity index is 361. The van der Waals surface area contributed by atoms with Gasteiger partial charge in [-0.05, 0) is 31.4 Å². The van der Waals surface area contributed by atoms with E-state index in [0.29, 0.717) is 13.2 Å². The molecule has 1 N–H and O–H groups in total. The van der Waals surface area contributed by atoms with Crippen molar-refractivity contribution >= 4 is 0 Å². The molecule has 1 aromatic carbocycles. The van der Waals surface area contributed by atoms with Crippen LogP contribution < -0.4 is 4.74 Å². The van der Waals surface area contributed by atoms with Gasteiger partial charge in [0.25, 0.3) is 0 Å². The molecule has 0 aliphatic heterocycles. The van der Waals surface area contributed by atoms with Gasteiger partial charge in [-0.3, -0.25) is 0 Å². The smallest absolute Gasteiger partial charge is 0.127 e. The number of hydrogen-bond donors (Lipinski definition) is 1. The predicted octanol–water partition coefficient (Wildman–Crippen LogP) is 2.77. The summed E-state index contributed by atoms with van der Waals surface area (Å²) in [6.45, 7) is 7.05. The summed E-state index contributed by atoms with van der Waals surface area (Å²) >= 11 is 0. The molecule has 0 fully saturated rings. The van der Waals surface area contributed by atoms with Crippen LogP contribution in [0.3, 0.4) is 0 Å². The Balaban J connectivity index is 2.85. The quantitative estimate of drug-likeness (QED) is 0.774. The molecule has 0 aromatic heterocycles. The van der Waals surface area contributed by atoms with Crippen LogP contribution >= 0.6 is 0 Å². The van der Waals surface area contributed by atoms with Gasteiger partial charge in [0, 0.05) is 12.2 Å². The third-order valence-electron chi connectivity index (χ3n) is 2.89. The summed E-state index contributed by atoms with van der Waals surface area (Å²) in [7, 11) is 1.63. The Hall–Kier alpha value is -1.06. The molecule has 96 valence electrons. The third kappa shape index (κ3) is 3.45. The number of aliphatic hydroxyl groups excluding tert-OH is 1. The van der Waals surface area contributed by atoms with Gasteiger partial charge >= 0.3 is 0 Å². The molecule has 0 saturated carbocycles. The number of benzene rings is 1. The average molecular weight is 238 g/mol. The molecule has 1 unspecified atom stereocenters. The summed E-state index contributed by atoms with van der Waals surface area (Å²) in [5, 5.41) is 10.1. The van der Waals surface area contributed by atoms with E-state index in [2.05, 4.69) is 0 Å². The predicted molar refractivity (Wildman–Crippen MR) is 68.5 cm³/mol. The lowest BCUT2D eigenvalue weighted by Gasteiger charge is -2.18. The Labute approximate surface area is 103 Å². The molecular formula is C14H22O3. The largest absolute Gasteiger partial charge is 0.496 e. The Morgan fingerprint density at radius 3 is 2.59 bits per heavy atom. The molecule has 0 spiro atoms. The van der Waals surface area contributed by atoms with E-state index < -0.39 is 6.10 Å². The Morgan fingerprint density at radius 2 is 2.00 bits per heavy atom. The van der Waals surface area contributed by atoms with Crippen LogP contribution in [0.25, 0.3) is 0 Å². The van der Waals surface area contributed by atoms with Gasteiger partial charge in [0.15, 0.2) is 0 Å². The lowest BCUT2D eigenvalue weighted by molar-refractivity contribution is 0.0351. The minimum Gasteiger partial charge on any atom is -0.496 e. The highest BCUT2D eigenvalue weighted by Gasteiger charge is 2.16. The summed E-state index contributed by atoms with van der Waals surface area (Å²) < 4.78 is 10.7. The highest BCUT2D eigenvalue weighted by molar-refractivity contribution is 5.46. The maximum Gasteiger partial charge on any atom is 0.127 e. The zero-order chi connectivity index (χ0) is 12.8. The fraction of sp³-hybridized carbons (Fsp3) is 0.571. The molecule has 0 bridgehead atoms. The van der Waals surface area contributed by atoms with Crippen molar-refractivity contribution < 1.29 is 14.6 Å². The van der Waals surface area contributed by atoms with Gasteiger partial charge in [-0.1, -0.05) is 19.1 Å². The number of rotatable bonds is 6. The molecule has 0 aliphatic carbocycles. The second-order valence-electron chi connectivity index (χ2n) is 4.22. The number of methoxy groups -OCH3 is 1. The monoisotopic (exact) mass is 238 g/mol. The van der Waals surface area contributed by atoms with Gasteiger partial charge in [-0.15, -0.1) is 0 Å². The van der Waals surface area contributed by atoms with Crippen molar-refractivity contribution in [3.63, 3.8) is 0 Å². The second-order valence-corrected chi connectivity index (χ2v) is 4.22. The first-order valence-corrected chi connectivity index (χ1v) is 6.01. The van der Waals surface area contributed by atoms with E-state index in [1.165, 1.54) is 0 Å². The summed E-state index contributed by atoms with van der Waals surface area (Å²) in [5.74, 6) is 0.762. The van der Waals surface area contributed by atoms with Crippen LogP contribution in [-0.4, -0.2) is 25.4 Å². The normalized spacial score (nSPS) is 12.5. The zero-order valence-electron chi connectivity index (χ0n) is 11.1. The first-order valence-electron chi connectivity index (χ1n) is 6.01. The summed E-state index contributed by atoms with van der Waals surface area (Å²) in [6.07, 6.45) is 0.326. The molecule has 1 rings (SSSR count). The highest BCUT2D eigenvalue weighted by Crippen LogP contribution is 2.30. The molecule has 0 amide bonds. The van der Waals surface area contributed by atoms with Crippen LogP contribution in [0.5, 0.6) is 5.75 Å². The van der Waals surface area contributed by atoms with Crippen molar-refractivity contribution in [2.45, 2.75) is 33.3 Å². The van der Waals surface area contributed by atoms with Crippen LogP contribution in [0.4, 0.5) is 0 Å². The molecule has 0 saturated heterocycles. The maximum atomic E-state index is 10.1. The van der Waals surface area contributed by atoms with E-state index in [1.54, 1.807) is 7.11 Å². The SMILES string of the molecule is CCCOCC(O)c1ccc(C)c(C)c1OC. The van der Waals surface area contributed by atoms with Crippen molar-refractivity contribution in [2.24, 2.45) is 0 Å². The van der Waals surface area contributed by atoms with Crippen molar-refractivity contribution in [1.82, 2.24) is 0 Å². The van der Waals surface area contributed by atoms with Gasteiger partial charge in [0.2, 0.25) is 0 Å². The number of ether oxygens (including phenoxy) is 2. The van der Waals surface area contributed by atoms with Crippen LogP contribution in [-0.2, 0) is 4.74 Å². The van der Waals surface area contributed by atoms with E-state index in [1.807, 2.05) is 32.9 Å². The van der Waals surface area contributed by atoms with Gasteiger partial charge in [0.05, 0.1) is 13.7 Å². The highest BCUT2D eigenvalue weighted by atomic mass is 16.5. The topological polar surface area (TPSA) is 38.7 Å². The van der Waals surface area contributed by atoms with Gasteiger partial charge in [-0.25, -0.2) is 0 Å². The van der Waals surface area contributed by atoms with Crippen LogP contribution in [0.1, 0.15) is 36.1 Å². The first kappa shape index (κ1) is 14.0. The molecular weight excluding hydrogens is 216 g/mol. The van der Waals surface area contributed by atoms with Crippen LogP contribution in [0.15, 0.2) is 12.1 Å². The van der Waals surface area contributed by atoms with E-state index in [4.69, 9.17) is 9.47 Å². The van der Waals surface area contributed by atoms with Gasteiger partial charge in [-0.2, -0.15) is 0 Å². The van der Waals surface area contributed by atoms with E-state index in [0.717, 1.165) is 28.9 Å². The van der Waals surface area contributed by atoms with E-state index in [9.17, 15) is 5.11 Å². The maximum absolute atomic E-state index is 10.1. The molecule has 3 heteroatoms. The number of aryl methyl sites for hydroxylation is 1. The van der Waals surface area contributed by atoms with E-state index in [-0.39, 0.29) is 0 Å². The Morgan fingerprint density at radius 1 is 1.29 bits per heavy atom. The molecule has 1 aromatic rings. The molecule has 3 nitrogen and oxygen atoms in total. The van der Waals surface area contributed by atoms with Crippen molar-refractivity contribution in [2.75, 3.05) is 20.3 Å². The summed E-state index contributed by atoms with van der Waals surface area (Å²) in [6, 6.07) is 3.90. The fourth-order valence-corrected chi connectivity index (χ4v) is 1.77. The van der Waals surface area contributed by atoms with Crippen molar-refractivity contribution in [1.29, 1.82) is 0 Å². The minimum atomic E-state index is -0.629. The van der Waals surface area contributed by atoms with E-state index >= 15 is 0 Å². The minimum absolute atomic E-state index is 0.312. The van der Waals surface area contributed by atoms with Gasteiger partial charge < -0.3 is 14.6 Å². The summed E-state index contributed by atoms with van der Waals surface area (Å²) in [4.78, 5) is 0. The average Bonchev–Trinajstić information content (AvgIpc) is 2.32. The standard InChI is InChI=1S/C14H22O3/c1-5-8-17-9-13(15)12-7-6-10(2)11(3)14(12)16-4/h6-7,13,15H,5,8-9H2,1-4H3. The number of aliphatic hydroxyl groups is 1. The van der Waals surface area contributed by atoms with Crippen molar-refractivity contribution in [3.05, 3.63) is 28.8 Å². The molecule has 0 radical (unpaired) electrons. The summed E-state index contributed by atoms with van der Waals surface area (Å²) in [5.41, 5.74) is 3.03. The Kier molecular flexibility index (Phi) is 5.45. The molecule has 0 heterocycles. The lowest BCUT2D eigenvalue weighted by atomic mass is 10.0. The van der Waals surface area contributed by atoms with Gasteiger partial charge in [0.1, 0.15) is 11.9 Å². The van der Waals surface area contributed by atoms with Crippen molar-refractivity contribution in [3.8, 4) is 5.75 Å². The lowest BCUT2D eigenvalue weighted by Crippen LogP contribution is -2.10. The zero-order valence-corrected chi connectivity index (χ0v) is 11.1.